The van der Waals surface area contributed by atoms with E-state index in [2.05, 4.69) is 196 Å². The second kappa shape index (κ2) is 72.3. The van der Waals surface area contributed by atoms with Gasteiger partial charge in [-0.05, 0) is 135 Å². The first-order chi connectivity index (χ1) is 41.6. The first-order valence-electron chi connectivity index (χ1n) is 34.3. The van der Waals surface area contributed by atoms with E-state index in [9.17, 15) is 14.7 Å². The van der Waals surface area contributed by atoms with Crippen LogP contribution in [-0.4, -0.2) is 36.4 Å². The van der Waals surface area contributed by atoms with Crippen LogP contribution in [-0.2, 0) is 19.1 Å². The van der Waals surface area contributed by atoms with E-state index in [0.29, 0.717) is 12.8 Å². The number of ether oxygens (including phenoxy) is 2. The summed E-state index contributed by atoms with van der Waals surface area (Å²) in [4.78, 5) is 24.7. The lowest BCUT2D eigenvalue weighted by atomic mass is 10.0. The van der Waals surface area contributed by atoms with Crippen LogP contribution in [0, 0.1) is 0 Å². The number of aliphatic hydroxyl groups excluding tert-OH is 1. The molecule has 0 bridgehead atoms. The molecule has 0 fully saturated rings. The zero-order chi connectivity index (χ0) is 60.5. The molecule has 0 aromatic heterocycles. The van der Waals surface area contributed by atoms with Gasteiger partial charge in [-0.15, -0.1) is 0 Å². The Kier molecular flexibility index (Phi) is 68.0. The van der Waals surface area contributed by atoms with Gasteiger partial charge in [0, 0.05) is 12.8 Å². The van der Waals surface area contributed by atoms with Crippen molar-refractivity contribution in [3.8, 4) is 0 Å². The van der Waals surface area contributed by atoms with Crippen LogP contribution in [0.3, 0.4) is 0 Å². The summed E-state index contributed by atoms with van der Waals surface area (Å²) in [6, 6.07) is 0. The molecule has 0 aromatic carbocycles. The molecule has 0 saturated carbocycles. The molecule has 0 aliphatic heterocycles. The molecule has 0 rings (SSSR count). The summed E-state index contributed by atoms with van der Waals surface area (Å²) >= 11 is 0. The van der Waals surface area contributed by atoms with Gasteiger partial charge in [0.05, 0.1) is 6.61 Å². The molecule has 0 radical (unpaired) electrons. The Balaban J connectivity index is 3.55. The molecule has 0 amide bonds. The quantitative estimate of drug-likeness (QED) is 0.0373. The van der Waals surface area contributed by atoms with Crippen LogP contribution in [0.25, 0.3) is 0 Å². The molecule has 1 unspecified atom stereocenters. The number of unbranched alkanes of at least 4 members (excludes halogenated alkanes) is 23. The third-order valence-electron chi connectivity index (χ3n) is 14.2. The van der Waals surface area contributed by atoms with Crippen molar-refractivity contribution in [1.82, 2.24) is 0 Å². The zero-order valence-corrected chi connectivity index (χ0v) is 54.1. The molecule has 0 aliphatic rings. The second-order valence-electron chi connectivity index (χ2n) is 22.1. The molecule has 0 saturated heterocycles. The van der Waals surface area contributed by atoms with Crippen molar-refractivity contribution in [2.24, 2.45) is 0 Å². The highest BCUT2D eigenvalue weighted by molar-refractivity contribution is 5.70. The molecule has 0 heterocycles. The van der Waals surface area contributed by atoms with Gasteiger partial charge in [0.2, 0.25) is 0 Å². The number of carbonyl (C=O) groups is 2. The zero-order valence-electron chi connectivity index (χ0n) is 54.1. The van der Waals surface area contributed by atoms with Gasteiger partial charge in [-0.2, -0.15) is 0 Å². The maximum Gasteiger partial charge on any atom is 0.306 e. The molecule has 5 heteroatoms. The Hall–Kier alpha value is -5.00. The van der Waals surface area contributed by atoms with Crippen molar-refractivity contribution in [3.63, 3.8) is 0 Å². The van der Waals surface area contributed by atoms with Crippen LogP contribution in [0.15, 0.2) is 182 Å². The fourth-order valence-electron chi connectivity index (χ4n) is 9.14. The fraction of sp³-hybridized carbons (Fsp3) is 0.595. The lowest BCUT2D eigenvalue weighted by Gasteiger charge is -2.15. The lowest BCUT2D eigenvalue weighted by molar-refractivity contribution is -0.161. The van der Waals surface area contributed by atoms with Crippen molar-refractivity contribution in [3.05, 3.63) is 182 Å². The van der Waals surface area contributed by atoms with E-state index < -0.39 is 6.10 Å². The summed E-state index contributed by atoms with van der Waals surface area (Å²) in [7, 11) is 0. The second-order valence-corrected chi connectivity index (χ2v) is 22.1. The topological polar surface area (TPSA) is 72.8 Å². The van der Waals surface area contributed by atoms with Crippen LogP contribution in [0.2, 0.25) is 0 Å². The predicted molar refractivity (Wildman–Crippen MR) is 370 cm³/mol. The summed E-state index contributed by atoms with van der Waals surface area (Å²) in [5.74, 6) is -0.603. The van der Waals surface area contributed by atoms with E-state index in [1.807, 2.05) is 0 Å². The average molecular weight is 1160 g/mol. The molecule has 1 atom stereocenters. The van der Waals surface area contributed by atoms with Crippen molar-refractivity contribution in [2.45, 2.75) is 290 Å². The third kappa shape index (κ3) is 69.5. The van der Waals surface area contributed by atoms with Gasteiger partial charge in [0.25, 0.3) is 0 Å². The number of hydrogen-bond donors (Lipinski definition) is 1. The van der Waals surface area contributed by atoms with E-state index in [-0.39, 0.29) is 25.2 Å². The van der Waals surface area contributed by atoms with Crippen LogP contribution >= 0.6 is 0 Å². The van der Waals surface area contributed by atoms with Crippen LogP contribution in [0.1, 0.15) is 284 Å². The highest BCUT2D eigenvalue weighted by Gasteiger charge is 2.16. The lowest BCUT2D eigenvalue weighted by Crippen LogP contribution is -2.28. The molecule has 1 N–H and O–H groups in total. The molecule has 5 nitrogen and oxygen atoms in total. The first-order valence-corrected chi connectivity index (χ1v) is 34.3. The van der Waals surface area contributed by atoms with Crippen molar-refractivity contribution >= 4 is 11.9 Å². The minimum atomic E-state index is -0.789. The summed E-state index contributed by atoms with van der Waals surface area (Å²) in [6.45, 7) is 3.91. The number of carbonyl (C=O) groups excluding carboxylic acids is 2. The monoisotopic (exact) mass is 1150 g/mol. The predicted octanol–water partition coefficient (Wildman–Crippen LogP) is 24.2. The maximum absolute atomic E-state index is 12.4. The normalized spacial score (nSPS) is 13.4. The van der Waals surface area contributed by atoms with Crippen LogP contribution < -0.4 is 0 Å². The van der Waals surface area contributed by atoms with E-state index in [4.69, 9.17) is 9.47 Å². The number of aliphatic hydroxyl groups is 1. The van der Waals surface area contributed by atoms with Crippen molar-refractivity contribution in [2.75, 3.05) is 13.2 Å². The molecule has 84 heavy (non-hydrogen) atoms. The van der Waals surface area contributed by atoms with Gasteiger partial charge in [0.15, 0.2) is 6.10 Å². The van der Waals surface area contributed by atoms with Gasteiger partial charge in [0.1, 0.15) is 6.61 Å². The maximum atomic E-state index is 12.4. The first kappa shape index (κ1) is 79.0. The average Bonchev–Trinajstić information content (AvgIpc) is 3.51. The summed E-state index contributed by atoms with van der Waals surface area (Å²) in [5, 5.41) is 9.70. The summed E-state index contributed by atoms with van der Waals surface area (Å²) < 4.78 is 10.7. The molecule has 0 aromatic rings. The van der Waals surface area contributed by atoms with E-state index in [1.54, 1.807) is 0 Å². The number of allylic oxidation sites excluding steroid dienone is 30. The summed E-state index contributed by atoms with van der Waals surface area (Å²) in [5.41, 5.74) is 0. The number of hydrogen-bond acceptors (Lipinski definition) is 5. The Morgan fingerprint density at radius 3 is 0.714 bits per heavy atom. The Morgan fingerprint density at radius 1 is 0.274 bits per heavy atom. The Bertz CT molecular complexity index is 1890. The fourth-order valence-corrected chi connectivity index (χ4v) is 9.14. The highest BCUT2D eigenvalue weighted by atomic mass is 16.6. The SMILES string of the molecule is CC/C=C\C/C=C\C/C=C\C/C=C\C/C=C\C/C=C\C/C=C\C/C=C\CCCCCCCCCCCCCCCCC(=O)OC(CO)COC(=O)CCCCCCCCCCC/C=C\C/C=C\C/C=C\C/C=C\C/C=C\C/C=C\C/C=C\CC. The van der Waals surface area contributed by atoms with Gasteiger partial charge in [-0.25, -0.2) is 0 Å². The van der Waals surface area contributed by atoms with Gasteiger partial charge >= 0.3 is 11.9 Å². The third-order valence-corrected chi connectivity index (χ3v) is 14.2. The number of esters is 2. The molecule has 0 aliphatic carbocycles. The minimum Gasteiger partial charge on any atom is -0.462 e. The minimum absolute atomic E-state index is 0.0784. The number of rotatable bonds is 61. The highest BCUT2D eigenvalue weighted by Crippen LogP contribution is 2.16. The van der Waals surface area contributed by atoms with Crippen molar-refractivity contribution < 1.29 is 24.2 Å². The van der Waals surface area contributed by atoms with E-state index in [1.165, 1.54) is 116 Å². The Morgan fingerprint density at radius 2 is 0.476 bits per heavy atom. The van der Waals surface area contributed by atoms with Gasteiger partial charge < -0.3 is 14.6 Å². The molecular weight excluding hydrogens is 1030 g/mol. The Labute approximate surface area is 518 Å². The largest absolute Gasteiger partial charge is 0.462 e. The molecule has 472 valence electrons. The van der Waals surface area contributed by atoms with Crippen molar-refractivity contribution in [1.29, 1.82) is 0 Å². The smallest absolute Gasteiger partial charge is 0.306 e. The van der Waals surface area contributed by atoms with Crippen LogP contribution in [0.4, 0.5) is 0 Å². The van der Waals surface area contributed by atoms with Crippen LogP contribution in [0.5, 0.6) is 0 Å². The molecular formula is C79H126O5. The van der Waals surface area contributed by atoms with E-state index >= 15 is 0 Å². The van der Waals surface area contributed by atoms with E-state index in [0.717, 1.165) is 141 Å². The summed E-state index contributed by atoms with van der Waals surface area (Å²) in [6.07, 6.45) is 113. The van der Waals surface area contributed by atoms with Gasteiger partial charge in [-0.3, -0.25) is 9.59 Å². The molecule has 0 spiro atoms. The van der Waals surface area contributed by atoms with Gasteiger partial charge in [-0.1, -0.05) is 318 Å². The standard InChI is InChI=1S/C79H126O5/c1-3-5-7-9-11-13-15-17-19-21-23-25-27-29-31-33-35-36-37-38-39-40-41-42-44-46-48-50-52-54-56-58-60-62-64-66-68-70-72-74-79(82)84-77(75-80)76-83-78(81)73-71-69-67-65-63-61-59-57-55-53-51-49-47-45-43-34-32-30-28-26-24-22-20-18-16-14-12-10-8-6-4-2/h5-8,11-14,17-20,23-26,29-32,35-36,38-39,41-43,45,49,51,77,80H,3-4,9-10,15-16,21-22,27-28,33-34,37,40,44,46-48,50,52-76H2,1-2H3/b7-5-,8-6-,13-11-,14-12-,19-17-,20-18-,25-23-,26-24-,31-29-,32-30-,36-35-,39-38-,42-41-,45-43-,51-49-.